The number of carbonyl (C=O) groups is 1. The highest BCUT2D eigenvalue weighted by atomic mass is 35.5. The van der Waals surface area contributed by atoms with Crippen LogP contribution in [0.3, 0.4) is 0 Å². The first-order chi connectivity index (χ1) is 16.4. The molecule has 0 spiro atoms. The molecule has 1 fully saturated rings. The van der Waals surface area contributed by atoms with Crippen LogP contribution in [0.25, 0.3) is 11.3 Å². The first-order valence-corrected chi connectivity index (χ1v) is 11.3. The van der Waals surface area contributed by atoms with Gasteiger partial charge in [0.2, 0.25) is 0 Å². The fourth-order valence-corrected chi connectivity index (χ4v) is 4.28. The summed E-state index contributed by atoms with van der Waals surface area (Å²) in [4.78, 5) is 21.7. The lowest BCUT2D eigenvalue weighted by Gasteiger charge is -2.22. The second kappa shape index (κ2) is 10.5. The number of Topliss-reactive ketones (excluding diaryl/α,β-unsaturated/α-hetero) is 1. The minimum Gasteiger partial charge on any atom is -0.396 e. The van der Waals surface area contributed by atoms with E-state index in [4.69, 9.17) is 22.1 Å². The van der Waals surface area contributed by atoms with Crippen molar-refractivity contribution in [1.29, 1.82) is 0 Å². The molecule has 0 amide bonds. The maximum Gasteiger partial charge on any atom is 0.166 e. The van der Waals surface area contributed by atoms with Crippen molar-refractivity contribution in [3.8, 4) is 11.3 Å². The summed E-state index contributed by atoms with van der Waals surface area (Å²) in [6.07, 6.45) is 3.12. The third kappa shape index (κ3) is 5.24. The predicted molar refractivity (Wildman–Crippen MR) is 125 cm³/mol. The minimum atomic E-state index is -0.728. The van der Waals surface area contributed by atoms with Gasteiger partial charge in [0.05, 0.1) is 29.1 Å². The molecular weight excluding hydrogens is 464 g/mol. The number of nitrogen functional groups attached to an aromatic ring is 1. The number of carbonyl (C=O) groups excluding carboxylic acids is 1. The summed E-state index contributed by atoms with van der Waals surface area (Å²) in [6.45, 7) is 0.922. The second-order valence-electron chi connectivity index (χ2n) is 8.29. The van der Waals surface area contributed by atoms with E-state index in [9.17, 15) is 18.7 Å². The molecule has 3 N–H and O–H groups in total. The van der Waals surface area contributed by atoms with Crippen molar-refractivity contribution in [3.63, 3.8) is 0 Å². The Morgan fingerprint density at radius 1 is 1.18 bits per heavy atom. The molecule has 1 aliphatic heterocycles. The van der Waals surface area contributed by atoms with Crippen molar-refractivity contribution in [3.05, 3.63) is 76.1 Å². The number of anilines is 1. The molecule has 1 saturated heterocycles. The Hall–Kier alpha value is -2.94. The van der Waals surface area contributed by atoms with Gasteiger partial charge in [-0.3, -0.25) is 4.79 Å². The first-order valence-electron chi connectivity index (χ1n) is 11.0. The molecule has 9 heteroatoms. The van der Waals surface area contributed by atoms with E-state index in [1.165, 1.54) is 30.3 Å². The molecule has 1 atom stereocenters. The Morgan fingerprint density at radius 3 is 2.62 bits per heavy atom. The Morgan fingerprint density at radius 2 is 1.94 bits per heavy atom. The van der Waals surface area contributed by atoms with Gasteiger partial charge in [0.25, 0.3) is 0 Å². The lowest BCUT2D eigenvalue weighted by atomic mass is 9.91. The normalized spacial score (nSPS) is 15.3. The van der Waals surface area contributed by atoms with Crippen LogP contribution in [0.1, 0.15) is 52.7 Å². The fourth-order valence-electron chi connectivity index (χ4n) is 4.09. The highest BCUT2D eigenvalue weighted by molar-refractivity contribution is 6.30. The van der Waals surface area contributed by atoms with Crippen LogP contribution in [0.2, 0.25) is 5.02 Å². The number of halogens is 3. The lowest BCUT2D eigenvalue weighted by molar-refractivity contribution is 0.0844. The fraction of sp³-hybridized carbons (Fsp3) is 0.320. The number of rotatable bonds is 7. The molecule has 1 aromatic heterocycles. The van der Waals surface area contributed by atoms with Gasteiger partial charge in [0, 0.05) is 37.0 Å². The van der Waals surface area contributed by atoms with Crippen molar-refractivity contribution in [2.24, 2.45) is 0 Å². The van der Waals surface area contributed by atoms with Gasteiger partial charge in [-0.15, -0.1) is 0 Å². The van der Waals surface area contributed by atoms with E-state index in [1.807, 2.05) is 0 Å². The Labute approximate surface area is 200 Å². The van der Waals surface area contributed by atoms with Crippen LogP contribution in [0.4, 0.5) is 14.6 Å². The van der Waals surface area contributed by atoms with Gasteiger partial charge in [-0.25, -0.2) is 18.7 Å². The molecule has 34 heavy (non-hydrogen) atoms. The molecule has 2 aromatic carbocycles. The number of hydrogen-bond acceptors (Lipinski definition) is 6. The number of aliphatic hydroxyl groups is 1. The molecule has 0 aliphatic carbocycles. The molecule has 0 saturated carbocycles. The minimum absolute atomic E-state index is 0.111. The van der Waals surface area contributed by atoms with E-state index in [0.29, 0.717) is 30.0 Å². The van der Waals surface area contributed by atoms with Gasteiger partial charge in [-0.1, -0.05) is 23.7 Å². The molecule has 0 bridgehead atoms. The van der Waals surface area contributed by atoms with Crippen LogP contribution in [0.5, 0.6) is 0 Å². The average Bonchev–Trinajstić information content (AvgIpc) is 2.85. The molecule has 4 rings (SSSR count). The number of ketones is 1. The molecular formula is C25H24ClF2N3O3. The average molecular weight is 488 g/mol. The van der Waals surface area contributed by atoms with Crippen molar-refractivity contribution >= 4 is 23.2 Å². The van der Waals surface area contributed by atoms with Crippen molar-refractivity contribution in [2.75, 3.05) is 25.6 Å². The van der Waals surface area contributed by atoms with E-state index in [1.54, 1.807) is 12.3 Å². The number of hydrogen-bond donors (Lipinski definition) is 2. The van der Waals surface area contributed by atoms with E-state index in [0.717, 1.165) is 18.5 Å². The Balaban J connectivity index is 1.56. The second-order valence-corrected chi connectivity index (χ2v) is 8.70. The number of nitrogens with zero attached hydrogens (tertiary/aromatic N) is 2. The summed E-state index contributed by atoms with van der Waals surface area (Å²) in [5.74, 6) is -2.11. The molecule has 0 unspecified atom stereocenters. The highest BCUT2D eigenvalue weighted by Crippen LogP contribution is 2.31. The van der Waals surface area contributed by atoms with Crippen LogP contribution in [0, 0.1) is 11.6 Å². The third-order valence-electron chi connectivity index (χ3n) is 6.07. The van der Waals surface area contributed by atoms with Gasteiger partial charge in [0.15, 0.2) is 5.78 Å². The van der Waals surface area contributed by atoms with Gasteiger partial charge in [-0.05, 0) is 42.7 Å². The maximum absolute atomic E-state index is 15.0. The molecule has 6 nitrogen and oxygen atoms in total. The van der Waals surface area contributed by atoms with Gasteiger partial charge >= 0.3 is 0 Å². The number of nitrogens with two attached hydrogens (primary N) is 1. The summed E-state index contributed by atoms with van der Waals surface area (Å²) >= 11 is 5.81. The van der Waals surface area contributed by atoms with E-state index in [-0.39, 0.29) is 35.3 Å². The zero-order chi connectivity index (χ0) is 24.2. The van der Waals surface area contributed by atoms with Crippen LogP contribution in [0.15, 0.2) is 42.6 Å². The standard InChI is InChI=1S/C25H24ClF2N3O3/c26-19-9-15(2-4-20(19)27)17(13-32)11-23(33)18-3-1-16(10-21(18)28)24-25(29)30-12-22(31-24)14-5-7-34-8-6-14/h1-4,9-10,12,14,17,32H,5-8,11,13H2,(H2,29,30)/t17-/m1/s1. The van der Waals surface area contributed by atoms with E-state index >= 15 is 0 Å². The van der Waals surface area contributed by atoms with Crippen LogP contribution in [-0.2, 0) is 4.74 Å². The maximum atomic E-state index is 15.0. The van der Waals surface area contributed by atoms with Crippen molar-refractivity contribution in [1.82, 2.24) is 9.97 Å². The smallest absolute Gasteiger partial charge is 0.166 e. The largest absolute Gasteiger partial charge is 0.396 e. The van der Waals surface area contributed by atoms with Crippen LogP contribution < -0.4 is 5.73 Å². The summed E-state index contributed by atoms with van der Waals surface area (Å²) in [5, 5.41) is 9.63. The SMILES string of the molecule is Nc1ncc(C2CCOCC2)nc1-c1ccc(C(=O)C[C@H](CO)c2ccc(F)c(Cl)c2)c(F)c1. The van der Waals surface area contributed by atoms with Crippen LogP contribution >= 0.6 is 11.6 Å². The van der Waals surface area contributed by atoms with Crippen molar-refractivity contribution in [2.45, 2.75) is 31.1 Å². The Bertz CT molecular complexity index is 1200. The topological polar surface area (TPSA) is 98.3 Å². The quantitative estimate of drug-likeness (QED) is 0.460. The van der Waals surface area contributed by atoms with Gasteiger partial charge < -0.3 is 15.6 Å². The highest BCUT2D eigenvalue weighted by Gasteiger charge is 2.22. The van der Waals surface area contributed by atoms with Gasteiger partial charge in [-0.2, -0.15) is 0 Å². The van der Waals surface area contributed by atoms with E-state index < -0.39 is 23.3 Å². The number of benzene rings is 2. The summed E-state index contributed by atoms with van der Waals surface area (Å²) in [5.41, 5.74) is 7.93. The number of aliphatic hydroxyl groups excluding tert-OH is 1. The zero-order valence-electron chi connectivity index (χ0n) is 18.3. The molecule has 178 valence electrons. The summed E-state index contributed by atoms with van der Waals surface area (Å²) in [6, 6.07) is 8.14. The van der Waals surface area contributed by atoms with Gasteiger partial charge in [0.1, 0.15) is 23.1 Å². The molecule has 2 heterocycles. The first kappa shape index (κ1) is 24.2. The summed E-state index contributed by atoms with van der Waals surface area (Å²) in [7, 11) is 0. The monoisotopic (exact) mass is 487 g/mol. The zero-order valence-corrected chi connectivity index (χ0v) is 19.1. The van der Waals surface area contributed by atoms with Crippen LogP contribution in [-0.4, -0.2) is 40.7 Å². The Kier molecular flexibility index (Phi) is 7.50. The van der Waals surface area contributed by atoms with Crippen molar-refractivity contribution < 1.29 is 23.4 Å². The lowest BCUT2D eigenvalue weighted by Crippen LogP contribution is -2.16. The third-order valence-corrected chi connectivity index (χ3v) is 6.36. The number of ether oxygens (including phenoxy) is 1. The summed E-state index contributed by atoms with van der Waals surface area (Å²) < 4.78 is 33.8. The molecule has 0 radical (unpaired) electrons. The predicted octanol–water partition coefficient (Wildman–Crippen LogP) is 4.90. The number of aromatic nitrogens is 2. The van der Waals surface area contributed by atoms with E-state index in [2.05, 4.69) is 9.97 Å². The molecule has 1 aliphatic rings. The molecule has 3 aromatic rings.